The van der Waals surface area contributed by atoms with Crippen LogP contribution in [0.25, 0.3) is 0 Å². The fourth-order valence-corrected chi connectivity index (χ4v) is 2.15. The Morgan fingerprint density at radius 3 is 2.94 bits per heavy atom. The van der Waals surface area contributed by atoms with Gasteiger partial charge in [-0.15, -0.1) is 0 Å². The standard InChI is InChI=1S/C11H15N3O3/c1-17-8-4-2-3-7(8)14-10-9(11(15)16)12-5-6-13-10/h5-8H,2-4H2,1H3,(H,13,14)(H,15,16). The number of anilines is 1. The molecule has 0 spiro atoms. The number of hydrogen-bond acceptors (Lipinski definition) is 5. The molecule has 6 heteroatoms. The summed E-state index contributed by atoms with van der Waals surface area (Å²) < 4.78 is 5.34. The molecule has 1 aliphatic rings. The number of hydrogen-bond donors (Lipinski definition) is 2. The van der Waals surface area contributed by atoms with Crippen molar-refractivity contribution in [3.63, 3.8) is 0 Å². The van der Waals surface area contributed by atoms with E-state index in [1.165, 1.54) is 12.4 Å². The van der Waals surface area contributed by atoms with Crippen molar-refractivity contribution in [3.05, 3.63) is 18.1 Å². The predicted molar refractivity (Wildman–Crippen MR) is 61.1 cm³/mol. The third kappa shape index (κ3) is 2.52. The van der Waals surface area contributed by atoms with Gasteiger partial charge in [0.25, 0.3) is 0 Å². The van der Waals surface area contributed by atoms with E-state index in [-0.39, 0.29) is 17.8 Å². The normalized spacial score (nSPS) is 23.6. The Morgan fingerprint density at radius 1 is 1.47 bits per heavy atom. The first-order valence-electron chi connectivity index (χ1n) is 5.56. The molecular weight excluding hydrogens is 222 g/mol. The Kier molecular flexibility index (Phi) is 3.53. The molecule has 1 saturated carbocycles. The number of aromatic carboxylic acids is 1. The Bertz CT molecular complexity index is 411. The summed E-state index contributed by atoms with van der Waals surface area (Å²) in [6.07, 6.45) is 5.96. The molecule has 0 radical (unpaired) electrons. The average Bonchev–Trinajstić information content (AvgIpc) is 2.77. The number of carboxylic acid groups (broad SMARTS) is 1. The van der Waals surface area contributed by atoms with E-state index in [0.29, 0.717) is 5.82 Å². The average molecular weight is 237 g/mol. The fraction of sp³-hybridized carbons (Fsp3) is 0.545. The highest BCUT2D eigenvalue weighted by molar-refractivity contribution is 5.90. The fourth-order valence-electron chi connectivity index (χ4n) is 2.15. The lowest BCUT2D eigenvalue weighted by Crippen LogP contribution is -2.31. The highest BCUT2D eigenvalue weighted by Gasteiger charge is 2.28. The molecule has 1 aromatic rings. The van der Waals surface area contributed by atoms with Gasteiger partial charge in [-0.25, -0.2) is 14.8 Å². The first-order valence-corrected chi connectivity index (χ1v) is 5.56. The van der Waals surface area contributed by atoms with Crippen LogP contribution in [0.3, 0.4) is 0 Å². The first kappa shape index (κ1) is 11.8. The summed E-state index contributed by atoms with van der Waals surface area (Å²) in [4.78, 5) is 18.8. The maximum atomic E-state index is 11.0. The molecule has 92 valence electrons. The summed E-state index contributed by atoms with van der Waals surface area (Å²) in [6, 6.07) is 0.106. The van der Waals surface area contributed by atoms with Crippen LogP contribution in [0.2, 0.25) is 0 Å². The van der Waals surface area contributed by atoms with Crippen molar-refractivity contribution < 1.29 is 14.6 Å². The minimum absolute atomic E-state index is 0.0470. The zero-order valence-electron chi connectivity index (χ0n) is 9.59. The van der Waals surface area contributed by atoms with Crippen LogP contribution < -0.4 is 5.32 Å². The van der Waals surface area contributed by atoms with Gasteiger partial charge in [0, 0.05) is 19.5 Å². The van der Waals surface area contributed by atoms with Gasteiger partial charge in [0.1, 0.15) is 0 Å². The van der Waals surface area contributed by atoms with Gasteiger partial charge in [-0.3, -0.25) is 0 Å². The zero-order valence-corrected chi connectivity index (χ0v) is 9.59. The predicted octanol–water partition coefficient (Wildman–Crippen LogP) is 1.15. The first-order chi connectivity index (χ1) is 8.22. The van der Waals surface area contributed by atoms with Crippen molar-refractivity contribution >= 4 is 11.8 Å². The van der Waals surface area contributed by atoms with Gasteiger partial charge >= 0.3 is 5.97 Å². The summed E-state index contributed by atoms with van der Waals surface area (Å²) in [7, 11) is 1.67. The third-order valence-corrected chi connectivity index (χ3v) is 2.98. The largest absolute Gasteiger partial charge is 0.476 e. The molecule has 1 aliphatic carbocycles. The van der Waals surface area contributed by atoms with Crippen LogP contribution in [0.15, 0.2) is 12.4 Å². The van der Waals surface area contributed by atoms with E-state index in [1.807, 2.05) is 0 Å². The van der Waals surface area contributed by atoms with Crippen LogP contribution in [-0.4, -0.2) is 40.3 Å². The second-order valence-electron chi connectivity index (χ2n) is 4.01. The lowest BCUT2D eigenvalue weighted by molar-refractivity contribution is 0.0690. The number of methoxy groups -OCH3 is 1. The SMILES string of the molecule is COC1CCCC1Nc1nccnc1C(=O)O. The van der Waals surface area contributed by atoms with E-state index < -0.39 is 5.97 Å². The van der Waals surface area contributed by atoms with Crippen molar-refractivity contribution in [3.8, 4) is 0 Å². The van der Waals surface area contributed by atoms with Crippen LogP contribution in [0.1, 0.15) is 29.8 Å². The van der Waals surface area contributed by atoms with Gasteiger partial charge in [-0.2, -0.15) is 0 Å². The van der Waals surface area contributed by atoms with Crippen molar-refractivity contribution in [2.75, 3.05) is 12.4 Å². The summed E-state index contributed by atoms with van der Waals surface area (Å²) in [6.45, 7) is 0. The Morgan fingerprint density at radius 2 is 2.24 bits per heavy atom. The topological polar surface area (TPSA) is 84.3 Å². The molecule has 1 heterocycles. The number of carbonyl (C=O) groups is 1. The lowest BCUT2D eigenvalue weighted by Gasteiger charge is -2.20. The van der Waals surface area contributed by atoms with Gasteiger partial charge in [0.05, 0.1) is 12.1 Å². The molecule has 0 aliphatic heterocycles. The van der Waals surface area contributed by atoms with E-state index in [9.17, 15) is 4.79 Å². The van der Waals surface area contributed by atoms with E-state index >= 15 is 0 Å². The van der Waals surface area contributed by atoms with Gasteiger partial charge in [0.2, 0.25) is 0 Å². The second kappa shape index (κ2) is 5.09. The molecule has 2 N–H and O–H groups in total. The molecule has 17 heavy (non-hydrogen) atoms. The summed E-state index contributed by atoms with van der Waals surface area (Å²) in [5, 5.41) is 12.1. The number of rotatable bonds is 4. The summed E-state index contributed by atoms with van der Waals surface area (Å²) in [5.74, 6) is -0.762. The number of nitrogens with one attached hydrogen (secondary N) is 1. The highest BCUT2D eigenvalue weighted by atomic mass is 16.5. The smallest absolute Gasteiger partial charge is 0.358 e. The van der Waals surface area contributed by atoms with E-state index in [1.54, 1.807) is 7.11 Å². The van der Waals surface area contributed by atoms with Crippen molar-refractivity contribution in [1.29, 1.82) is 0 Å². The second-order valence-corrected chi connectivity index (χ2v) is 4.01. The molecular formula is C11H15N3O3. The molecule has 2 atom stereocenters. The van der Waals surface area contributed by atoms with Gasteiger partial charge in [-0.1, -0.05) is 0 Å². The molecule has 1 fully saturated rings. The molecule has 0 saturated heterocycles. The lowest BCUT2D eigenvalue weighted by atomic mass is 10.2. The summed E-state index contributed by atoms with van der Waals surface area (Å²) in [5.41, 5.74) is -0.0470. The van der Waals surface area contributed by atoms with Crippen LogP contribution in [-0.2, 0) is 4.74 Å². The van der Waals surface area contributed by atoms with Gasteiger partial charge < -0.3 is 15.2 Å². The van der Waals surface area contributed by atoms with E-state index in [2.05, 4.69) is 15.3 Å². The van der Waals surface area contributed by atoms with Crippen LogP contribution in [0, 0.1) is 0 Å². The highest BCUT2D eigenvalue weighted by Crippen LogP contribution is 2.25. The Hall–Kier alpha value is -1.69. The molecule has 2 rings (SSSR count). The minimum Gasteiger partial charge on any atom is -0.476 e. The number of carboxylic acids is 1. The van der Waals surface area contributed by atoms with E-state index in [0.717, 1.165) is 19.3 Å². The molecule has 2 unspecified atom stereocenters. The number of aromatic nitrogens is 2. The van der Waals surface area contributed by atoms with Crippen molar-refractivity contribution in [2.24, 2.45) is 0 Å². The quantitative estimate of drug-likeness (QED) is 0.817. The monoisotopic (exact) mass is 237 g/mol. The van der Waals surface area contributed by atoms with Crippen LogP contribution >= 0.6 is 0 Å². The molecule has 0 aromatic carbocycles. The molecule has 1 aromatic heterocycles. The Balaban J connectivity index is 2.15. The molecule has 6 nitrogen and oxygen atoms in total. The maximum Gasteiger partial charge on any atom is 0.358 e. The summed E-state index contributed by atoms with van der Waals surface area (Å²) >= 11 is 0. The Labute approximate surface area is 99.0 Å². The molecule has 0 bridgehead atoms. The maximum absolute atomic E-state index is 11.0. The third-order valence-electron chi connectivity index (χ3n) is 2.98. The van der Waals surface area contributed by atoms with Crippen molar-refractivity contribution in [2.45, 2.75) is 31.4 Å². The van der Waals surface area contributed by atoms with Gasteiger partial charge in [-0.05, 0) is 19.3 Å². The van der Waals surface area contributed by atoms with Gasteiger partial charge in [0.15, 0.2) is 11.5 Å². The number of nitrogens with zero attached hydrogens (tertiary/aromatic N) is 2. The molecule has 0 amide bonds. The number of ether oxygens (including phenoxy) is 1. The van der Waals surface area contributed by atoms with Crippen molar-refractivity contribution in [1.82, 2.24) is 9.97 Å². The van der Waals surface area contributed by atoms with Crippen LogP contribution in [0.5, 0.6) is 0 Å². The zero-order chi connectivity index (χ0) is 12.3. The van der Waals surface area contributed by atoms with E-state index in [4.69, 9.17) is 9.84 Å². The van der Waals surface area contributed by atoms with Crippen LogP contribution in [0.4, 0.5) is 5.82 Å². The minimum atomic E-state index is -1.08.